The van der Waals surface area contributed by atoms with E-state index in [4.69, 9.17) is 12.2 Å². The van der Waals surface area contributed by atoms with Crippen LogP contribution in [0.3, 0.4) is 0 Å². The van der Waals surface area contributed by atoms with Crippen LogP contribution in [0.2, 0.25) is 0 Å². The van der Waals surface area contributed by atoms with Crippen molar-refractivity contribution in [3.8, 4) is 0 Å². The van der Waals surface area contributed by atoms with E-state index in [0.717, 1.165) is 0 Å². The molecule has 0 spiro atoms. The molecule has 1 aliphatic rings. The zero-order valence-corrected chi connectivity index (χ0v) is 10.7. The van der Waals surface area contributed by atoms with Crippen molar-refractivity contribution < 1.29 is 8.42 Å². The molecule has 0 saturated heterocycles. The van der Waals surface area contributed by atoms with Gasteiger partial charge in [-0.25, -0.2) is 8.42 Å². The summed E-state index contributed by atoms with van der Waals surface area (Å²) in [5.41, 5.74) is -0.120. The summed E-state index contributed by atoms with van der Waals surface area (Å²) in [7, 11) is -3.02. The maximum Gasteiger partial charge on any atom is 0.173 e. The van der Waals surface area contributed by atoms with Gasteiger partial charge >= 0.3 is 0 Å². The summed E-state index contributed by atoms with van der Waals surface area (Å²) in [6, 6.07) is -0.211. The number of rotatable bonds is 1. The van der Waals surface area contributed by atoms with Crippen LogP contribution in [0.25, 0.3) is 0 Å². The van der Waals surface area contributed by atoms with Crippen LogP contribution in [-0.2, 0) is 9.84 Å². The molecular weight excluding hydrogens is 232 g/mol. The Kier molecular flexibility index (Phi) is 3.40. The quantitative estimate of drug-likeness (QED) is 0.664. The van der Waals surface area contributed by atoms with Crippen molar-refractivity contribution >= 4 is 27.2 Å². The fraction of sp³-hybridized carbons (Fsp3) is 0.667. The minimum absolute atomic E-state index is 0.0823. The summed E-state index contributed by atoms with van der Waals surface area (Å²) >= 11 is 5.06. The second-order valence-corrected chi connectivity index (χ2v) is 6.95. The molecule has 0 radical (unpaired) electrons. The number of hydrogen-bond acceptors (Lipinski definition) is 3. The largest absolute Gasteiger partial charge is 0.358 e. The van der Waals surface area contributed by atoms with Crippen molar-refractivity contribution in [2.75, 3.05) is 5.75 Å². The van der Waals surface area contributed by atoms with Gasteiger partial charge in [-0.1, -0.05) is 0 Å². The topological polar surface area (TPSA) is 58.2 Å². The maximum atomic E-state index is 11.1. The van der Waals surface area contributed by atoms with Crippen LogP contribution in [0.4, 0.5) is 0 Å². The summed E-state index contributed by atoms with van der Waals surface area (Å²) in [6.45, 7) is 5.96. The SMILES string of the molecule is CC(C)(C)NC(=S)N[C@@H]1C=CS(=O)(=O)C1. The van der Waals surface area contributed by atoms with Gasteiger partial charge in [0.1, 0.15) is 0 Å². The number of sulfone groups is 1. The standard InChI is InChI=1S/C9H16N2O2S2/c1-9(2,3)11-8(14)10-7-4-5-15(12,13)6-7/h4-5,7H,6H2,1-3H3,(H2,10,11,14)/t7-/m1/s1. The Labute approximate surface area is 96.0 Å². The highest BCUT2D eigenvalue weighted by Gasteiger charge is 2.22. The van der Waals surface area contributed by atoms with Crippen molar-refractivity contribution in [1.82, 2.24) is 10.6 Å². The van der Waals surface area contributed by atoms with E-state index in [2.05, 4.69) is 10.6 Å². The average molecular weight is 248 g/mol. The van der Waals surface area contributed by atoms with Crippen LogP contribution in [-0.4, -0.2) is 30.9 Å². The van der Waals surface area contributed by atoms with E-state index in [1.165, 1.54) is 5.41 Å². The van der Waals surface area contributed by atoms with Crippen molar-refractivity contribution in [3.63, 3.8) is 0 Å². The molecule has 1 atom stereocenters. The molecule has 1 rings (SSSR count). The third-order valence-electron chi connectivity index (χ3n) is 1.74. The normalized spacial score (nSPS) is 23.8. The monoisotopic (exact) mass is 248 g/mol. The molecule has 0 aromatic rings. The molecule has 0 amide bonds. The third-order valence-corrected chi connectivity index (χ3v) is 3.35. The second-order valence-electron chi connectivity index (χ2n) is 4.61. The lowest BCUT2D eigenvalue weighted by atomic mass is 10.1. The predicted octanol–water partition coefficient (Wildman–Crippen LogP) is 0.560. The van der Waals surface area contributed by atoms with Gasteiger partial charge in [0, 0.05) is 10.9 Å². The van der Waals surface area contributed by atoms with Gasteiger partial charge in [0.25, 0.3) is 0 Å². The van der Waals surface area contributed by atoms with E-state index in [0.29, 0.717) is 5.11 Å². The fourth-order valence-electron chi connectivity index (χ4n) is 1.21. The van der Waals surface area contributed by atoms with Crippen LogP contribution >= 0.6 is 12.2 Å². The van der Waals surface area contributed by atoms with E-state index in [1.807, 2.05) is 20.8 Å². The summed E-state index contributed by atoms with van der Waals surface area (Å²) in [6.07, 6.45) is 1.62. The smallest absolute Gasteiger partial charge is 0.173 e. The molecule has 0 bridgehead atoms. The molecule has 0 unspecified atom stereocenters. The van der Waals surface area contributed by atoms with Crippen LogP contribution in [0.5, 0.6) is 0 Å². The van der Waals surface area contributed by atoms with Crippen molar-refractivity contribution in [3.05, 3.63) is 11.5 Å². The van der Waals surface area contributed by atoms with Crippen LogP contribution < -0.4 is 10.6 Å². The van der Waals surface area contributed by atoms with Gasteiger partial charge < -0.3 is 10.6 Å². The molecular formula is C9H16N2O2S2. The average Bonchev–Trinajstić information content (AvgIpc) is 2.25. The number of hydrogen-bond donors (Lipinski definition) is 2. The second kappa shape index (κ2) is 4.09. The number of thiocarbonyl (C=S) groups is 1. The van der Waals surface area contributed by atoms with E-state index >= 15 is 0 Å². The Morgan fingerprint density at radius 1 is 1.47 bits per heavy atom. The summed E-state index contributed by atoms with van der Waals surface area (Å²) in [4.78, 5) is 0. The van der Waals surface area contributed by atoms with E-state index < -0.39 is 9.84 Å². The maximum absolute atomic E-state index is 11.1. The summed E-state index contributed by atoms with van der Waals surface area (Å²) in [5.74, 6) is 0.0823. The zero-order valence-electron chi connectivity index (χ0n) is 9.07. The minimum Gasteiger partial charge on any atom is -0.358 e. The first-order valence-corrected chi connectivity index (χ1v) is 6.80. The molecule has 0 saturated carbocycles. The Hall–Kier alpha value is -0.620. The van der Waals surface area contributed by atoms with Gasteiger partial charge in [-0.15, -0.1) is 0 Å². The Morgan fingerprint density at radius 3 is 2.47 bits per heavy atom. The highest BCUT2D eigenvalue weighted by Crippen LogP contribution is 2.08. The van der Waals surface area contributed by atoms with E-state index in [-0.39, 0.29) is 17.3 Å². The Balaban J connectivity index is 2.45. The van der Waals surface area contributed by atoms with Crippen molar-refractivity contribution in [2.24, 2.45) is 0 Å². The molecule has 0 aliphatic carbocycles. The van der Waals surface area contributed by atoms with Crippen LogP contribution in [0.1, 0.15) is 20.8 Å². The fourth-order valence-corrected chi connectivity index (χ4v) is 2.90. The highest BCUT2D eigenvalue weighted by atomic mass is 32.2. The van der Waals surface area contributed by atoms with E-state index in [1.54, 1.807) is 6.08 Å². The lowest BCUT2D eigenvalue weighted by Gasteiger charge is -2.24. The van der Waals surface area contributed by atoms with E-state index in [9.17, 15) is 8.42 Å². The van der Waals surface area contributed by atoms with Crippen LogP contribution in [0, 0.1) is 0 Å². The summed E-state index contributed by atoms with van der Waals surface area (Å²) < 4.78 is 22.2. The van der Waals surface area contributed by atoms with Gasteiger partial charge in [-0.3, -0.25) is 0 Å². The van der Waals surface area contributed by atoms with Gasteiger partial charge in [0.05, 0.1) is 11.8 Å². The zero-order chi connectivity index (χ0) is 11.7. The van der Waals surface area contributed by atoms with Crippen LogP contribution in [0.15, 0.2) is 11.5 Å². The lowest BCUT2D eigenvalue weighted by molar-refractivity contribution is 0.505. The first-order chi connectivity index (χ1) is 6.68. The van der Waals surface area contributed by atoms with Crippen molar-refractivity contribution in [2.45, 2.75) is 32.4 Å². The molecule has 6 heteroatoms. The molecule has 1 aliphatic heterocycles. The van der Waals surface area contributed by atoms with Crippen molar-refractivity contribution in [1.29, 1.82) is 0 Å². The third kappa shape index (κ3) is 4.61. The highest BCUT2D eigenvalue weighted by molar-refractivity contribution is 7.94. The molecule has 0 aromatic carbocycles. The molecule has 15 heavy (non-hydrogen) atoms. The first-order valence-electron chi connectivity index (χ1n) is 4.68. The Morgan fingerprint density at radius 2 is 2.07 bits per heavy atom. The van der Waals surface area contributed by atoms with Gasteiger partial charge in [0.15, 0.2) is 14.9 Å². The Bertz CT molecular complexity index is 379. The first kappa shape index (κ1) is 12.4. The van der Waals surface area contributed by atoms with Gasteiger partial charge in [0.2, 0.25) is 0 Å². The minimum atomic E-state index is -3.02. The number of nitrogens with one attached hydrogen (secondary N) is 2. The summed E-state index contributed by atoms with van der Waals surface area (Å²) in [5, 5.41) is 7.72. The predicted molar refractivity (Wildman–Crippen MR) is 65.3 cm³/mol. The molecule has 86 valence electrons. The van der Waals surface area contributed by atoms with Gasteiger partial charge in [-0.2, -0.15) is 0 Å². The molecule has 0 aromatic heterocycles. The molecule has 0 fully saturated rings. The molecule has 4 nitrogen and oxygen atoms in total. The lowest BCUT2D eigenvalue weighted by Crippen LogP contribution is -2.49. The molecule has 2 N–H and O–H groups in total. The van der Waals surface area contributed by atoms with Gasteiger partial charge in [-0.05, 0) is 39.1 Å². The molecule has 1 heterocycles.